The molecule has 0 radical (unpaired) electrons. The molecule has 3 aromatic rings. The van der Waals surface area contributed by atoms with Gasteiger partial charge in [0.1, 0.15) is 11.5 Å². The third-order valence-corrected chi connectivity index (χ3v) is 6.27. The molecule has 2 aromatic carbocycles. The number of fused-ring (bicyclic) bond motifs is 2. The molecule has 1 aromatic heterocycles. The first-order chi connectivity index (χ1) is 14.2. The number of phenolic OH excluding ortho intramolecular Hbond substituents is 1. The summed E-state index contributed by atoms with van der Waals surface area (Å²) in [5.41, 5.74) is 0.659. The fourth-order valence-electron chi connectivity index (χ4n) is 4.88. The summed E-state index contributed by atoms with van der Waals surface area (Å²) >= 11 is 0. The number of aromatic hydroxyl groups is 1. The van der Waals surface area contributed by atoms with Crippen molar-refractivity contribution in [1.29, 1.82) is 0 Å². The van der Waals surface area contributed by atoms with Gasteiger partial charge in [-0.05, 0) is 61.1 Å². The second-order valence-corrected chi connectivity index (χ2v) is 8.25. The number of likely N-dealkylation sites (tertiary alicyclic amines) is 1. The molecule has 0 spiro atoms. The Labute approximate surface area is 169 Å². The number of ether oxygens (including phenoxy) is 1. The monoisotopic (exact) mass is 388 g/mol. The molecule has 1 unspecified atom stereocenters. The molecule has 2 aliphatic rings. The van der Waals surface area contributed by atoms with Crippen molar-refractivity contribution in [3.8, 4) is 11.5 Å². The van der Waals surface area contributed by atoms with E-state index in [1.54, 1.807) is 24.3 Å². The smallest absolute Gasteiger partial charge is 0.176 e. The Bertz CT molecular complexity index is 1010. The van der Waals surface area contributed by atoms with Gasteiger partial charge in [-0.15, -0.1) is 0 Å². The Morgan fingerprint density at radius 2 is 1.83 bits per heavy atom. The van der Waals surface area contributed by atoms with Crippen LogP contribution in [-0.4, -0.2) is 46.5 Å². The number of hydrogen-bond donors (Lipinski definition) is 1. The summed E-state index contributed by atoms with van der Waals surface area (Å²) < 4.78 is 6.38. The van der Waals surface area contributed by atoms with E-state index in [1.807, 2.05) is 30.6 Å². The first-order valence-electron chi connectivity index (χ1n) is 10.2. The maximum absolute atomic E-state index is 12.5. The van der Waals surface area contributed by atoms with Crippen LogP contribution in [0.1, 0.15) is 23.2 Å². The van der Waals surface area contributed by atoms with Crippen LogP contribution in [-0.2, 0) is 0 Å². The van der Waals surface area contributed by atoms with E-state index in [-0.39, 0.29) is 17.6 Å². The number of carbonyl (C=O) groups is 1. The average molecular weight is 388 g/mol. The largest absolute Gasteiger partial charge is 0.508 e. The van der Waals surface area contributed by atoms with Gasteiger partial charge in [0, 0.05) is 41.8 Å². The average Bonchev–Trinajstić information content (AvgIpc) is 3.26. The zero-order valence-electron chi connectivity index (χ0n) is 16.2. The number of phenols is 1. The molecule has 2 fully saturated rings. The van der Waals surface area contributed by atoms with Crippen LogP contribution >= 0.6 is 0 Å². The van der Waals surface area contributed by atoms with Crippen LogP contribution < -0.4 is 4.74 Å². The van der Waals surface area contributed by atoms with Crippen molar-refractivity contribution in [3.05, 3.63) is 66.5 Å². The van der Waals surface area contributed by atoms with E-state index in [1.165, 1.54) is 0 Å². The number of carbonyl (C=O) groups excluding carboxylic acids is 1. The SMILES string of the molecule is O=C(CN1C[C@H]2CC(Oc3cccc4cnccc34)C[C@H]2C1)c1ccc(O)cc1. The molecule has 1 aliphatic carbocycles. The van der Waals surface area contributed by atoms with E-state index >= 15 is 0 Å². The van der Waals surface area contributed by atoms with Crippen molar-refractivity contribution < 1.29 is 14.6 Å². The molecule has 1 saturated carbocycles. The second-order valence-electron chi connectivity index (χ2n) is 8.25. The number of nitrogens with zero attached hydrogens (tertiary/aromatic N) is 2. The van der Waals surface area contributed by atoms with Crippen LogP contribution in [0, 0.1) is 11.8 Å². The molecule has 1 N–H and O–H groups in total. The second kappa shape index (κ2) is 7.48. The fourth-order valence-corrected chi connectivity index (χ4v) is 4.88. The van der Waals surface area contributed by atoms with Crippen molar-refractivity contribution in [2.75, 3.05) is 19.6 Å². The lowest BCUT2D eigenvalue weighted by molar-refractivity contribution is 0.0937. The molecule has 0 amide bonds. The molecule has 5 nitrogen and oxygen atoms in total. The molecule has 1 saturated heterocycles. The highest BCUT2D eigenvalue weighted by Gasteiger charge is 2.42. The molecular formula is C24H24N2O3. The number of benzene rings is 2. The van der Waals surface area contributed by atoms with Crippen molar-refractivity contribution >= 4 is 16.6 Å². The van der Waals surface area contributed by atoms with E-state index in [2.05, 4.69) is 16.0 Å². The van der Waals surface area contributed by atoms with Gasteiger partial charge < -0.3 is 9.84 Å². The minimum atomic E-state index is 0.113. The highest BCUT2D eigenvalue weighted by Crippen LogP contribution is 2.40. The quantitative estimate of drug-likeness (QED) is 0.672. The van der Waals surface area contributed by atoms with Crippen LogP contribution in [0.5, 0.6) is 11.5 Å². The minimum Gasteiger partial charge on any atom is -0.508 e. The predicted octanol–water partition coefficient (Wildman–Crippen LogP) is 3.91. The molecule has 5 rings (SSSR count). The number of aromatic nitrogens is 1. The van der Waals surface area contributed by atoms with E-state index < -0.39 is 0 Å². The fraction of sp³-hybridized carbons (Fsp3) is 0.333. The third kappa shape index (κ3) is 3.70. The van der Waals surface area contributed by atoms with E-state index in [0.29, 0.717) is 23.9 Å². The summed E-state index contributed by atoms with van der Waals surface area (Å²) in [7, 11) is 0. The van der Waals surface area contributed by atoms with Gasteiger partial charge in [0.05, 0.1) is 12.6 Å². The summed E-state index contributed by atoms with van der Waals surface area (Å²) in [4.78, 5) is 19.0. The predicted molar refractivity (Wildman–Crippen MR) is 111 cm³/mol. The van der Waals surface area contributed by atoms with Crippen molar-refractivity contribution in [2.45, 2.75) is 18.9 Å². The summed E-state index contributed by atoms with van der Waals surface area (Å²) in [6.45, 7) is 2.35. The molecule has 1 aliphatic heterocycles. The van der Waals surface area contributed by atoms with E-state index in [4.69, 9.17) is 4.74 Å². The molecule has 2 heterocycles. The van der Waals surface area contributed by atoms with Gasteiger partial charge in [-0.25, -0.2) is 0 Å². The normalized spacial score (nSPS) is 23.9. The van der Waals surface area contributed by atoms with Crippen molar-refractivity contribution in [2.24, 2.45) is 11.8 Å². The standard InChI is InChI=1S/C24H24N2O3/c27-20-6-4-16(5-7-20)23(28)15-26-13-18-10-21(11-19(18)14-26)29-24-3-1-2-17-12-25-9-8-22(17)24/h1-9,12,18-19,21,27H,10-11,13-15H2/t18-,19+,21?. The third-order valence-electron chi connectivity index (χ3n) is 6.27. The van der Waals surface area contributed by atoms with Gasteiger partial charge in [-0.3, -0.25) is 14.7 Å². The maximum Gasteiger partial charge on any atom is 0.176 e. The highest BCUT2D eigenvalue weighted by molar-refractivity contribution is 5.97. The van der Waals surface area contributed by atoms with Gasteiger partial charge in [0.25, 0.3) is 0 Å². The van der Waals surface area contributed by atoms with Crippen LogP contribution in [0.25, 0.3) is 10.8 Å². The molecule has 0 bridgehead atoms. The number of hydrogen-bond acceptors (Lipinski definition) is 5. The Kier molecular flexibility index (Phi) is 4.68. The zero-order valence-corrected chi connectivity index (χ0v) is 16.2. The van der Waals surface area contributed by atoms with Crippen LogP contribution in [0.15, 0.2) is 60.9 Å². The van der Waals surface area contributed by atoms with Gasteiger partial charge in [-0.1, -0.05) is 12.1 Å². The summed E-state index contributed by atoms with van der Waals surface area (Å²) in [5.74, 6) is 2.41. The Hall–Kier alpha value is -2.92. The van der Waals surface area contributed by atoms with Gasteiger partial charge in [0.15, 0.2) is 5.78 Å². The van der Waals surface area contributed by atoms with Gasteiger partial charge >= 0.3 is 0 Å². The number of ketones is 1. The zero-order chi connectivity index (χ0) is 19.8. The number of Topliss-reactive ketones (excluding diaryl/α,β-unsaturated/α-hetero) is 1. The van der Waals surface area contributed by atoms with E-state index in [0.717, 1.165) is 42.5 Å². The molecule has 148 valence electrons. The Morgan fingerprint density at radius 3 is 2.59 bits per heavy atom. The summed E-state index contributed by atoms with van der Waals surface area (Å²) in [5, 5.41) is 11.6. The molecule has 3 atom stereocenters. The number of pyridine rings is 1. The van der Waals surface area contributed by atoms with Gasteiger partial charge in [0.2, 0.25) is 0 Å². The Morgan fingerprint density at radius 1 is 1.07 bits per heavy atom. The van der Waals surface area contributed by atoms with Crippen molar-refractivity contribution in [3.63, 3.8) is 0 Å². The summed E-state index contributed by atoms with van der Waals surface area (Å²) in [6.07, 6.45) is 5.99. The molecule has 29 heavy (non-hydrogen) atoms. The van der Waals surface area contributed by atoms with Crippen LogP contribution in [0.2, 0.25) is 0 Å². The lowest BCUT2D eigenvalue weighted by Gasteiger charge is -2.20. The minimum absolute atomic E-state index is 0.113. The lowest BCUT2D eigenvalue weighted by atomic mass is 10.0. The highest BCUT2D eigenvalue weighted by atomic mass is 16.5. The first-order valence-corrected chi connectivity index (χ1v) is 10.2. The summed E-state index contributed by atoms with van der Waals surface area (Å²) in [6, 6.07) is 14.6. The van der Waals surface area contributed by atoms with E-state index in [9.17, 15) is 9.90 Å². The van der Waals surface area contributed by atoms with Gasteiger partial charge in [-0.2, -0.15) is 0 Å². The van der Waals surface area contributed by atoms with Crippen LogP contribution in [0.3, 0.4) is 0 Å². The van der Waals surface area contributed by atoms with Crippen LogP contribution in [0.4, 0.5) is 0 Å². The number of rotatable bonds is 5. The lowest BCUT2D eigenvalue weighted by Crippen LogP contribution is -2.30. The molecular weight excluding hydrogens is 364 g/mol. The Balaban J connectivity index is 1.19. The molecule has 5 heteroatoms. The maximum atomic E-state index is 12.5. The topological polar surface area (TPSA) is 62.7 Å². The first kappa shape index (κ1) is 18.1. The van der Waals surface area contributed by atoms with Crippen molar-refractivity contribution in [1.82, 2.24) is 9.88 Å².